The van der Waals surface area contributed by atoms with Gasteiger partial charge in [-0.2, -0.15) is 0 Å². The van der Waals surface area contributed by atoms with Crippen molar-refractivity contribution in [3.8, 4) is 0 Å². The van der Waals surface area contributed by atoms with Crippen molar-refractivity contribution >= 4 is 15.9 Å². The summed E-state index contributed by atoms with van der Waals surface area (Å²) in [7, 11) is 1.98. The lowest BCUT2D eigenvalue weighted by molar-refractivity contribution is 0.346. The minimum absolute atomic E-state index is 0.181. The molecule has 3 rings (SSSR count). The van der Waals surface area contributed by atoms with Crippen LogP contribution in [0.3, 0.4) is 0 Å². The smallest absolute Gasteiger partial charge is 0.169 e. The zero-order valence-electron chi connectivity index (χ0n) is 10.9. The molecule has 3 nitrogen and oxygen atoms in total. The molecule has 0 aromatic carbocycles. The van der Waals surface area contributed by atoms with Gasteiger partial charge in [0.05, 0.1) is 6.04 Å². The van der Waals surface area contributed by atoms with Crippen molar-refractivity contribution in [2.45, 2.75) is 31.2 Å². The summed E-state index contributed by atoms with van der Waals surface area (Å²) >= 11 is 3.38. The molecule has 0 saturated carbocycles. The molecule has 2 aromatic rings. The van der Waals surface area contributed by atoms with E-state index in [0.29, 0.717) is 5.92 Å². The van der Waals surface area contributed by atoms with Gasteiger partial charge in [-0.05, 0) is 66.0 Å². The van der Waals surface area contributed by atoms with Gasteiger partial charge in [0.1, 0.15) is 5.76 Å². The second kappa shape index (κ2) is 5.47. The van der Waals surface area contributed by atoms with Crippen LogP contribution in [0.2, 0.25) is 0 Å². The first kappa shape index (κ1) is 12.9. The first-order valence-corrected chi connectivity index (χ1v) is 7.45. The molecule has 2 heterocycles. The maximum Gasteiger partial charge on any atom is 0.169 e. The quantitative estimate of drug-likeness (QED) is 0.934. The molecular weight excluding hydrogens is 304 g/mol. The van der Waals surface area contributed by atoms with E-state index in [-0.39, 0.29) is 6.04 Å². The van der Waals surface area contributed by atoms with Gasteiger partial charge in [0, 0.05) is 17.8 Å². The van der Waals surface area contributed by atoms with Gasteiger partial charge in [-0.25, -0.2) is 0 Å². The van der Waals surface area contributed by atoms with E-state index in [1.807, 2.05) is 31.4 Å². The first-order valence-electron chi connectivity index (χ1n) is 6.66. The summed E-state index contributed by atoms with van der Waals surface area (Å²) in [5.74, 6) is 1.35. The Morgan fingerprint density at radius 3 is 3.05 bits per heavy atom. The highest BCUT2D eigenvalue weighted by atomic mass is 79.9. The van der Waals surface area contributed by atoms with Crippen molar-refractivity contribution in [3.05, 3.63) is 52.1 Å². The molecule has 100 valence electrons. The molecule has 0 spiro atoms. The lowest BCUT2D eigenvalue weighted by Crippen LogP contribution is -2.27. The maximum atomic E-state index is 5.73. The fourth-order valence-electron chi connectivity index (χ4n) is 3.01. The van der Waals surface area contributed by atoms with Crippen LogP contribution in [-0.4, -0.2) is 12.0 Å². The van der Waals surface area contributed by atoms with Crippen LogP contribution in [0.4, 0.5) is 0 Å². The molecule has 1 N–H and O–H groups in total. The van der Waals surface area contributed by atoms with Crippen LogP contribution in [0.1, 0.15) is 41.8 Å². The third kappa shape index (κ3) is 2.47. The third-order valence-electron chi connectivity index (χ3n) is 3.85. The van der Waals surface area contributed by atoms with Crippen molar-refractivity contribution in [3.63, 3.8) is 0 Å². The number of hydrogen-bond donors (Lipinski definition) is 1. The van der Waals surface area contributed by atoms with E-state index in [4.69, 9.17) is 4.42 Å². The largest absolute Gasteiger partial charge is 0.453 e. The highest BCUT2D eigenvalue weighted by molar-refractivity contribution is 9.10. The molecule has 0 fully saturated rings. The predicted octanol–water partition coefficient (Wildman–Crippen LogP) is 3.82. The number of fused-ring (bicyclic) bond motifs is 1. The van der Waals surface area contributed by atoms with Crippen LogP contribution in [0.5, 0.6) is 0 Å². The summed E-state index contributed by atoms with van der Waals surface area (Å²) in [6.07, 6.45) is 5.39. The van der Waals surface area contributed by atoms with E-state index < -0.39 is 0 Å². The minimum atomic E-state index is 0.181. The van der Waals surface area contributed by atoms with Gasteiger partial charge in [0.2, 0.25) is 0 Å². The number of nitrogens with zero attached hydrogens (tertiary/aromatic N) is 1. The van der Waals surface area contributed by atoms with Crippen LogP contribution < -0.4 is 5.32 Å². The summed E-state index contributed by atoms with van der Waals surface area (Å²) in [5, 5.41) is 3.39. The van der Waals surface area contributed by atoms with E-state index in [2.05, 4.69) is 32.3 Å². The summed E-state index contributed by atoms with van der Waals surface area (Å²) in [6, 6.07) is 8.38. The Kier molecular flexibility index (Phi) is 3.71. The number of hydrogen-bond acceptors (Lipinski definition) is 3. The highest BCUT2D eigenvalue weighted by Gasteiger charge is 2.30. The molecule has 0 amide bonds. The zero-order valence-corrected chi connectivity index (χ0v) is 12.5. The lowest BCUT2D eigenvalue weighted by atomic mass is 9.81. The van der Waals surface area contributed by atoms with Gasteiger partial charge in [0.25, 0.3) is 0 Å². The monoisotopic (exact) mass is 320 g/mol. The normalized spacial score (nSPS) is 20.0. The third-order valence-corrected chi connectivity index (χ3v) is 4.28. The topological polar surface area (TPSA) is 38.1 Å². The number of nitrogens with one attached hydrogen (secondary N) is 1. The number of likely N-dealkylation sites (N-methyl/N-ethyl adjacent to an activating group) is 1. The molecular formula is C15H17BrN2O. The molecule has 0 radical (unpaired) electrons. The Morgan fingerprint density at radius 2 is 2.32 bits per heavy atom. The SMILES string of the molecule is CNC(c1ccc(Br)o1)C1CCCc2cccnc21. The van der Waals surface area contributed by atoms with Gasteiger partial charge in [0.15, 0.2) is 4.67 Å². The molecule has 0 aliphatic heterocycles. The number of aryl methyl sites for hydroxylation is 1. The number of rotatable bonds is 3. The molecule has 1 aliphatic rings. The molecule has 2 unspecified atom stereocenters. The Labute approximate surface area is 121 Å². The fourth-order valence-corrected chi connectivity index (χ4v) is 3.33. The van der Waals surface area contributed by atoms with E-state index >= 15 is 0 Å². The Morgan fingerprint density at radius 1 is 1.42 bits per heavy atom. The van der Waals surface area contributed by atoms with E-state index in [1.165, 1.54) is 17.7 Å². The number of furan rings is 1. The van der Waals surface area contributed by atoms with Gasteiger partial charge < -0.3 is 9.73 Å². The standard InChI is InChI=1S/C15H17BrN2O/c1-17-15(12-7-8-13(16)19-12)11-6-2-4-10-5-3-9-18-14(10)11/h3,5,7-9,11,15,17H,2,4,6H2,1H3. The predicted molar refractivity (Wildman–Crippen MR) is 78.1 cm³/mol. The average Bonchev–Trinajstić information content (AvgIpc) is 2.86. The average molecular weight is 321 g/mol. The summed E-state index contributed by atoms with van der Waals surface area (Å²) < 4.78 is 6.51. The van der Waals surface area contributed by atoms with Crippen molar-refractivity contribution in [1.82, 2.24) is 10.3 Å². The highest BCUT2D eigenvalue weighted by Crippen LogP contribution is 2.39. The molecule has 0 saturated heterocycles. The van der Waals surface area contributed by atoms with Gasteiger partial charge in [-0.15, -0.1) is 0 Å². The molecule has 0 bridgehead atoms. The Balaban J connectivity index is 1.97. The first-order chi connectivity index (χ1) is 9.29. The maximum absolute atomic E-state index is 5.73. The van der Waals surface area contributed by atoms with Crippen molar-refractivity contribution in [2.24, 2.45) is 0 Å². The van der Waals surface area contributed by atoms with Crippen LogP contribution in [0.25, 0.3) is 0 Å². The number of aromatic nitrogens is 1. The summed E-state index contributed by atoms with van der Waals surface area (Å²) in [4.78, 5) is 4.61. The van der Waals surface area contributed by atoms with Crippen LogP contribution >= 0.6 is 15.9 Å². The van der Waals surface area contributed by atoms with Crippen molar-refractivity contribution in [2.75, 3.05) is 7.05 Å². The molecule has 19 heavy (non-hydrogen) atoms. The minimum Gasteiger partial charge on any atom is -0.453 e. The van der Waals surface area contributed by atoms with E-state index in [0.717, 1.165) is 23.3 Å². The van der Waals surface area contributed by atoms with Crippen LogP contribution in [0, 0.1) is 0 Å². The van der Waals surface area contributed by atoms with Crippen molar-refractivity contribution < 1.29 is 4.42 Å². The lowest BCUT2D eigenvalue weighted by Gasteiger charge is -2.30. The van der Waals surface area contributed by atoms with Gasteiger partial charge in [-0.1, -0.05) is 6.07 Å². The summed E-state index contributed by atoms with van der Waals surface area (Å²) in [5.41, 5.74) is 2.60. The van der Waals surface area contributed by atoms with Crippen molar-refractivity contribution in [1.29, 1.82) is 0 Å². The van der Waals surface area contributed by atoms with Crippen LogP contribution in [-0.2, 0) is 6.42 Å². The van der Waals surface area contributed by atoms with E-state index in [9.17, 15) is 0 Å². The molecule has 2 atom stereocenters. The second-order valence-electron chi connectivity index (χ2n) is 4.95. The zero-order chi connectivity index (χ0) is 13.2. The van der Waals surface area contributed by atoms with Gasteiger partial charge >= 0.3 is 0 Å². The molecule has 2 aromatic heterocycles. The van der Waals surface area contributed by atoms with E-state index in [1.54, 1.807) is 0 Å². The summed E-state index contributed by atoms with van der Waals surface area (Å²) in [6.45, 7) is 0. The molecule has 1 aliphatic carbocycles. The Bertz CT molecular complexity index is 567. The van der Waals surface area contributed by atoms with Gasteiger partial charge in [-0.3, -0.25) is 4.98 Å². The molecule has 4 heteroatoms. The number of halogens is 1. The number of pyridine rings is 1. The fraction of sp³-hybridized carbons (Fsp3) is 0.400. The van der Waals surface area contributed by atoms with Crippen LogP contribution in [0.15, 0.2) is 39.5 Å². The second-order valence-corrected chi connectivity index (χ2v) is 5.74. The Hall–Kier alpha value is -1.13.